The number of benzene rings is 1. The van der Waals surface area contributed by atoms with E-state index in [4.69, 9.17) is 32.7 Å². The molecule has 0 aromatic heterocycles. The second-order valence-electron chi connectivity index (χ2n) is 5.35. The molecule has 108 valence electrons. The number of rotatable bonds is 2. The molecule has 0 radical (unpaired) electrons. The van der Waals surface area contributed by atoms with E-state index < -0.39 is 11.8 Å². The maximum Gasteiger partial charge on any atom is 0.509 e. The van der Waals surface area contributed by atoms with Gasteiger partial charge in [0.25, 0.3) is 0 Å². The van der Waals surface area contributed by atoms with Crippen molar-refractivity contribution in [1.82, 2.24) is 4.90 Å². The zero-order valence-electron chi connectivity index (χ0n) is 10.9. The minimum atomic E-state index is -0.539. The first kappa shape index (κ1) is 14.0. The fraction of sp³-hybridized carbons (Fsp3) is 0.500. The first-order valence-corrected chi connectivity index (χ1v) is 7.34. The molecule has 0 unspecified atom stereocenters. The minimum absolute atomic E-state index is 0.381. The lowest BCUT2D eigenvalue weighted by Gasteiger charge is -2.36. The number of carbonyl (C=O) groups excluding carboxylic acids is 1. The summed E-state index contributed by atoms with van der Waals surface area (Å²) in [6.45, 7) is 2.95. The average Bonchev–Trinajstić information content (AvgIpc) is 2.78. The predicted molar refractivity (Wildman–Crippen MR) is 76.1 cm³/mol. The van der Waals surface area contributed by atoms with E-state index in [1.54, 1.807) is 0 Å². The number of halogens is 2. The van der Waals surface area contributed by atoms with Gasteiger partial charge in [-0.15, -0.1) is 0 Å². The summed E-state index contributed by atoms with van der Waals surface area (Å²) in [6, 6.07) is 5.70. The third kappa shape index (κ3) is 2.87. The van der Waals surface area contributed by atoms with Crippen LogP contribution in [-0.2, 0) is 16.0 Å². The van der Waals surface area contributed by atoms with Crippen molar-refractivity contribution in [3.63, 3.8) is 0 Å². The van der Waals surface area contributed by atoms with Crippen LogP contribution in [-0.4, -0.2) is 36.4 Å². The van der Waals surface area contributed by atoms with Gasteiger partial charge in [0.2, 0.25) is 0 Å². The fourth-order valence-corrected chi connectivity index (χ4v) is 3.01. The van der Waals surface area contributed by atoms with Crippen molar-refractivity contribution >= 4 is 29.4 Å². The molecule has 2 aliphatic heterocycles. The van der Waals surface area contributed by atoms with E-state index in [9.17, 15) is 4.79 Å². The van der Waals surface area contributed by atoms with Crippen LogP contribution in [0.3, 0.4) is 0 Å². The van der Waals surface area contributed by atoms with Gasteiger partial charge in [0.15, 0.2) is 5.60 Å². The Bertz CT molecular complexity index is 527. The Kier molecular flexibility index (Phi) is 3.80. The molecule has 2 saturated heterocycles. The Morgan fingerprint density at radius 3 is 2.55 bits per heavy atom. The van der Waals surface area contributed by atoms with Crippen LogP contribution in [0.25, 0.3) is 0 Å². The second kappa shape index (κ2) is 5.43. The zero-order valence-corrected chi connectivity index (χ0v) is 12.4. The Balaban J connectivity index is 1.58. The highest BCUT2D eigenvalue weighted by atomic mass is 35.5. The van der Waals surface area contributed by atoms with Crippen LogP contribution in [0, 0.1) is 0 Å². The molecule has 2 heterocycles. The molecule has 1 spiro atoms. The molecule has 2 fully saturated rings. The van der Waals surface area contributed by atoms with Crippen LogP contribution >= 0.6 is 23.2 Å². The van der Waals surface area contributed by atoms with Gasteiger partial charge in [-0.2, -0.15) is 0 Å². The molecule has 0 saturated carbocycles. The van der Waals surface area contributed by atoms with Crippen molar-refractivity contribution in [2.75, 3.05) is 19.7 Å². The van der Waals surface area contributed by atoms with E-state index in [-0.39, 0.29) is 0 Å². The van der Waals surface area contributed by atoms with Gasteiger partial charge in [0, 0.05) is 32.5 Å². The van der Waals surface area contributed by atoms with Crippen LogP contribution in [0.5, 0.6) is 0 Å². The van der Waals surface area contributed by atoms with Gasteiger partial charge in [-0.05, 0) is 17.7 Å². The highest BCUT2D eigenvalue weighted by Crippen LogP contribution is 2.32. The van der Waals surface area contributed by atoms with E-state index in [2.05, 4.69) is 4.90 Å². The lowest BCUT2D eigenvalue weighted by atomic mass is 9.92. The quantitative estimate of drug-likeness (QED) is 0.783. The van der Waals surface area contributed by atoms with Gasteiger partial charge in [0.1, 0.15) is 6.61 Å². The fourth-order valence-electron chi connectivity index (χ4n) is 2.69. The molecule has 2 aliphatic rings. The predicted octanol–water partition coefficient (Wildman–Crippen LogP) is 3.49. The highest BCUT2D eigenvalue weighted by Gasteiger charge is 2.44. The summed E-state index contributed by atoms with van der Waals surface area (Å²) in [5.74, 6) is 0. The molecule has 1 aromatic rings. The number of piperidine rings is 1. The maximum atomic E-state index is 11.1. The summed E-state index contributed by atoms with van der Waals surface area (Å²) in [5.41, 5.74) is 0.737. The van der Waals surface area contributed by atoms with Crippen molar-refractivity contribution in [1.29, 1.82) is 0 Å². The minimum Gasteiger partial charge on any atom is -0.430 e. The molecule has 6 heteroatoms. The molecular formula is C14H15Cl2NO3. The summed E-state index contributed by atoms with van der Waals surface area (Å²) in [7, 11) is 0. The third-order valence-electron chi connectivity index (χ3n) is 3.91. The van der Waals surface area contributed by atoms with E-state index in [1.165, 1.54) is 0 Å². The number of ether oxygens (including phenoxy) is 2. The molecule has 0 atom stereocenters. The molecule has 1 aromatic carbocycles. The molecule has 0 N–H and O–H groups in total. The van der Waals surface area contributed by atoms with Gasteiger partial charge in [0.05, 0.1) is 10.0 Å². The SMILES string of the molecule is O=C1OCC2(CCN(Cc3ccc(Cl)c(Cl)c3)CC2)O1. The van der Waals surface area contributed by atoms with Crippen LogP contribution in [0.4, 0.5) is 4.79 Å². The topological polar surface area (TPSA) is 38.8 Å². The number of hydrogen-bond donors (Lipinski definition) is 0. The normalized spacial score (nSPS) is 21.8. The van der Waals surface area contributed by atoms with Crippen molar-refractivity contribution < 1.29 is 14.3 Å². The highest BCUT2D eigenvalue weighted by molar-refractivity contribution is 6.42. The molecule has 0 amide bonds. The van der Waals surface area contributed by atoms with Crippen molar-refractivity contribution in [2.45, 2.75) is 25.0 Å². The first-order chi connectivity index (χ1) is 9.56. The maximum absolute atomic E-state index is 11.1. The van der Waals surface area contributed by atoms with Gasteiger partial charge < -0.3 is 9.47 Å². The Morgan fingerprint density at radius 1 is 1.20 bits per heavy atom. The monoisotopic (exact) mass is 315 g/mol. The largest absolute Gasteiger partial charge is 0.509 e. The summed E-state index contributed by atoms with van der Waals surface area (Å²) >= 11 is 11.9. The van der Waals surface area contributed by atoms with Crippen molar-refractivity contribution in [2.24, 2.45) is 0 Å². The number of carbonyl (C=O) groups is 1. The van der Waals surface area contributed by atoms with E-state index in [0.29, 0.717) is 16.7 Å². The second-order valence-corrected chi connectivity index (χ2v) is 6.16. The molecule has 0 bridgehead atoms. The zero-order chi connectivity index (χ0) is 14.2. The number of likely N-dealkylation sites (tertiary alicyclic amines) is 1. The van der Waals surface area contributed by atoms with E-state index in [0.717, 1.165) is 38.0 Å². The van der Waals surface area contributed by atoms with Gasteiger partial charge in [-0.3, -0.25) is 4.90 Å². The standard InChI is InChI=1S/C14H15Cl2NO3/c15-11-2-1-10(7-12(11)16)8-17-5-3-14(4-6-17)9-19-13(18)20-14/h1-2,7H,3-6,8-9H2. The van der Waals surface area contributed by atoms with E-state index >= 15 is 0 Å². The van der Waals surface area contributed by atoms with Crippen LogP contribution in [0.2, 0.25) is 10.0 Å². The summed E-state index contributed by atoms with van der Waals surface area (Å²) in [4.78, 5) is 13.4. The number of hydrogen-bond acceptors (Lipinski definition) is 4. The summed E-state index contributed by atoms with van der Waals surface area (Å²) in [5, 5.41) is 1.15. The summed E-state index contributed by atoms with van der Waals surface area (Å²) < 4.78 is 10.2. The Morgan fingerprint density at radius 2 is 1.95 bits per heavy atom. The molecule has 3 rings (SSSR count). The van der Waals surface area contributed by atoms with Crippen LogP contribution < -0.4 is 0 Å². The van der Waals surface area contributed by atoms with Gasteiger partial charge in [-0.25, -0.2) is 4.79 Å². The molecule has 4 nitrogen and oxygen atoms in total. The average molecular weight is 316 g/mol. The van der Waals surface area contributed by atoms with E-state index in [1.807, 2.05) is 18.2 Å². The lowest BCUT2D eigenvalue weighted by Crippen LogP contribution is -2.45. The van der Waals surface area contributed by atoms with Gasteiger partial charge >= 0.3 is 6.16 Å². The first-order valence-electron chi connectivity index (χ1n) is 6.58. The Hall–Kier alpha value is -0.970. The van der Waals surface area contributed by atoms with Crippen LogP contribution in [0.15, 0.2) is 18.2 Å². The smallest absolute Gasteiger partial charge is 0.430 e. The molecule has 20 heavy (non-hydrogen) atoms. The summed E-state index contributed by atoms with van der Waals surface area (Å²) in [6.07, 6.45) is 1.07. The van der Waals surface area contributed by atoms with Crippen molar-refractivity contribution in [3.8, 4) is 0 Å². The number of cyclic esters (lactones) is 1. The molecule has 0 aliphatic carbocycles. The van der Waals surface area contributed by atoms with Crippen LogP contribution in [0.1, 0.15) is 18.4 Å². The molecular weight excluding hydrogens is 301 g/mol. The third-order valence-corrected chi connectivity index (χ3v) is 4.65. The van der Waals surface area contributed by atoms with Gasteiger partial charge in [-0.1, -0.05) is 29.3 Å². The van der Waals surface area contributed by atoms with Crippen molar-refractivity contribution in [3.05, 3.63) is 33.8 Å². The lowest BCUT2D eigenvalue weighted by molar-refractivity contribution is -0.00163. The Labute approximate surface area is 127 Å². The number of nitrogens with zero attached hydrogens (tertiary/aromatic N) is 1.